The summed E-state index contributed by atoms with van der Waals surface area (Å²) < 4.78 is 11.0. The lowest BCUT2D eigenvalue weighted by atomic mass is 10.1. The molecular weight excluding hydrogens is 296 g/mol. The van der Waals surface area contributed by atoms with Crippen LogP contribution in [0, 0.1) is 0 Å². The summed E-state index contributed by atoms with van der Waals surface area (Å²) in [6.45, 7) is 2.51. The van der Waals surface area contributed by atoms with Gasteiger partial charge in [-0.3, -0.25) is 0 Å². The van der Waals surface area contributed by atoms with E-state index in [4.69, 9.17) is 14.6 Å². The molecule has 0 amide bonds. The molecule has 1 rings (SSSR count). The van der Waals surface area contributed by atoms with Crippen LogP contribution in [0.4, 0.5) is 0 Å². The molecule has 0 bridgehead atoms. The first-order valence-corrected chi connectivity index (χ1v) is 9.05. The molecule has 1 saturated heterocycles. The molecule has 23 heavy (non-hydrogen) atoms. The summed E-state index contributed by atoms with van der Waals surface area (Å²) in [7, 11) is 0. The van der Waals surface area contributed by atoms with E-state index in [1.807, 2.05) is 0 Å². The second kappa shape index (κ2) is 12.9. The maximum Gasteiger partial charge on any atom is 0.114 e. The second-order valence-electron chi connectivity index (χ2n) is 6.27. The van der Waals surface area contributed by atoms with E-state index in [0.717, 1.165) is 12.8 Å². The minimum absolute atomic E-state index is 0.151. The third kappa shape index (κ3) is 8.27. The Hall–Kier alpha value is -0.460. The highest BCUT2D eigenvalue weighted by atomic mass is 16.6. The molecule has 5 nitrogen and oxygen atoms in total. The van der Waals surface area contributed by atoms with Crippen LogP contribution in [0.1, 0.15) is 58.3 Å². The molecule has 0 saturated carbocycles. The first-order valence-electron chi connectivity index (χ1n) is 9.05. The maximum absolute atomic E-state index is 9.82. The maximum atomic E-state index is 9.82. The highest BCUT2D eigenvalue weighted by Gasteiger charge is 2.40. The van der Waals surface area contributed by atoms with Gasteiger partial charge in [0.05, 0.1) is 13.2 Å². The Bertz CT molecular complexity index is 308. The zero-order valence-corrected chi connectivity index (χ0v) is 14.4. The van der Waals surface area contributed by atoms with Crippen molar-refractivity contribution in [2.75, 3.05) is 19.8 Å². The third-order valence-corrected chi connectivity index (χ3v) is 4.18. The molecule has 0 aromatic heterocycles. The van der Waals surface area contributed by atoms with Gasteiger partial charge in [0.15, 0.2) is 0 Å². The van der Waals surface area contributed by atoms with E-state index >= 15 is 0 Å². The van der Waals surface area contributed by atoms with Crippen LogP contribution in [0.5, 0.6) is 0 Å². The van der Waals surface area contributed by atoms with Crippen LogP contribution in [-0.4, -0.2) is 59.6 Å². The molecule has 1 heterocycles. The first kappa shape index (κ1) is 20.6. The third-order valence-electron chi connectivity index (χ3n) is 4.18. The highest BCUT2D eigenvalue weighted by molar-refractivity contribution is 4.89. The molecule has 0 radical (unpaired) electrons. The molecule has 5 heteroatoms. The van der Waals surface area contributed by atoms with E-state index in [2.05, 4.69) is 19.1 Å². The van der Waals surface area contributed by atoms with Crippen molar-refractivity contribution in [2.45, 2.75) is 82.7 Å². The molecule has 1 aliphatic heterocycles. The van der Waals surface area contributed by atoms with Gasteiger partial charge in [-0.1, -0.05) is 44.8 Å². The molecular formula is C18H34O5. The Morgan fingerprint density at radius 2 is 1.83 bits per heavy atom. The van der Waals surface area contributed by atoms with Gasteiger partial charge in [0.2, 0.25) is 0 Å². The van der Waals surface area contributed by atoms with E-state index in [1.165, 1.54) is 38.5 Å². The lowest BCUT2D eigenvalue weighted by Crippen LogP contribution is -2.42. The molecule has 0 unspecified atom stereocenters. The number of hydrogen-bond donors (Lipinski definition) is 3. The lowest BCUT2D eigenvalue weighted by Gasteiger charge is -2.23. The number of aliphatic hydroxyl groups excluding tert-OH is 3. The number of unbranched alkanes of at least 4 members (excludes halogenated alkanes) is 6. The molecule has 136 valence electrons. The summed E-state index contributed by atoms with van der Waals surface area (Å²) in [6.07, 6.45) is 10.9. The van der Waals surface area contributed by atoms with E-state index < -0.39 is 24.4 Å². The largest absolute Gasteiger partial charge is 0.394 e. The van der Waals surface area contributed by atoms with Crippen LogP contribution >= 0.6 is 0 Å². The van der Waals surface area contributed by atoms with Crippen molar-refractivity contribution in [3.05, 3.63) is 12.2 Å². The molecule has 0 spiro atoms. The van der Waals surface area contributed by atoms with Gasteiger partial charge in [0.25, 0.3) is 0 Å². The van der Waals surface area contributed by atoms with Gasteiger partial charge in [0.1, 0.15) is 24.4 Å². The normalized spacial score (nSPS) is 26.2. The van der Waals surface area contributed by atoms with Crippen molar-refractivity contribution in [2.24, 2.45) is 0 Å². The van der Waals surface area contributed by atoms with Crippen LogP contribution in [0.25, 0.3) is 0 Å². The standard InChI is InChI=1S/C18H34O5/c1-2-3-4-5-6-7-8-9-10-11-12-22-18-16(21)14-23-17(18)15(20)13-19/h4-5,15-21H,2-3,6-14H2,1H3/b5-4+/t15-,16+,17-,18-/m0/s1. The summed E-state index contributed by atoms with van der Waals surface area (Å²) >= 11 is 0. The number of ether oxygens (including phenoxy) is 2. The van der Waals surface area contributed by atoms with E-state index in [9.17, 15) is 10.2 Å². The van der Waals surface area contributed by atoms with E-state index in [0.29, 0.717) is 6.61 Å². The van der Waals surface area contributed by atoms with Crippen LogP contribution < -0.4 is 0 Å². The van der Waals surface area contributed by atoms with Crippen molar-refractivity contribution < 1.29 is 24.8 Å². The van der Waals surface area contributed by atoms with Crippen molar-refractivity contribution in [3.63, 3.8) is 0 Å². The van der Waals surface area contributed by atoms with E-state index in [1.54, 1.807) is 0 Å². The molecule has 0 aromatic rings. The van der Waals surface area contributed by atoms with Crippen molar-refractivity contribution in [3.8, 4) is 0 Å². The average molecular weight is 330 g/mol. The van der Waals surface area contributed by atoms with Gasteiger partial charge in [0, 0.05) is 6.61 Å². The predicted molar refractivity (Wildman–Crippen MR) is 90.3 cm³/mol. The average Bonchev–Trinajstić information content (AvgIpc) is 2.93. The van der Waals surface area contributed by atoms with Gasteiger partial charge in [-0.05, 0) is 25.7 Å². The fourth-order valence-corrected chi connectivity index (χ4v) is 2.77. The van der Waals surface area contributed by atoms with Crippen molar-refractivity contribution in [1.29, 1.82) is 0 Å². The smallest absolute Gasteiger partial charge is 0.114 e. The zero-order valence-electron chi connectivity index (χ0n) is 14.4. The zero-order chi connectivity index (χ0) is 16.9. The molecule has 1 aliphatic rings. The van der Waals surface area contributed by atoms with Crippen LogP contribution in [-0.2, 0) is 9.47 Å². The van der Waals surface area contributed by atoms with Crippen molar-refractivity contribution in [1.82, 2.24) is 0 Å². The molecule has 0 aliphatic carbocycles. The Balaban J connectivity index is 2.01. The van der Waals surface area contributed by atoms with Crippen LogP contribution in [0.2, 0.25) is 0 Å². The molecule has 4 atom stereocenters. The van der Waals surface area contributed by atoms with Crippen molar-refractivity contribution >= 4 is 0 Å². The fraction of sp³-hybridized carbons (Fsp3) is 0.889. The summed E-state index contributed by atoms with van der Waals surface area (Å²) in [5, 5.41) is 28.5. The molecule has 1 fully saturated rings. The number of aliphatic hydroxyl groups is 3. The van der Waals surface area contributed by atoms with Crippen LogP contribution in [0.3, 0.4) is 0 Å². The molecule has 0 aromatic carbocycles. The minimum Gasteiger partial charge on any atom is -0.394 e. The Labute approximate surface area is 140 Å². The first-order chi connectivity index (χ1) is 11.2. The fourth-order valence-electron chi connectivity index (χ4n) is 2.77. The SMILES string of the molecule is CCC/C=C/CCCCCCCO[C@@H]1[C@H]([C@@H](O)CO)OC[C@H]1O. The van der Waals surface area contributed by atoms with Gasteiger partial charge in [-0.2, -0.15) is 0 Å². The monoisotopic (exact) mass is 330 g/mol. The minimum atomic E-state index is -1.00. The van der Waals surface area contributed by atoms with Gasteiger partial charge < -0.3 is 24.8 Å². The van der Waals surface area contributed by atoms with E-state index in [-0.39, 0.29) is 13.2 Å². The topological polar surface area (TPSA) is 79.2 Å². The summed E-state index contributed by atoms with van der Waals surface area (Å²) in [5.41, 5.74) is 0. The quantitative estimate of drug-likeness (QED) is 0.356. The highest BCUT2D eigenvalue weighted by Crippen LogP contribution is 2.21. The predicted octanol–water partition coefficient (Wildman–Crippen LogP) is 2.18. The number of hydrogen-bond acceptors (Lipinski definition) is 5. The van der Waals surface area contributed by atoms with Gasteiger partial charge in [-0.25, -0.2) is 0 Å². The number of rotatable bonds is 13. The Morgan fingerprint density at radius 1 is 1.13 bits per heavy atom. The molecule has 3 N–H and O–H groups in total. The Kier molecular flexibility index (Phi) is 11.5. The Morgan fingerprint density at radius 3 is 2.57 bits per heavy atom. The summed E-state index contributed by atoms with van der Waals surface area (Å²) in [5.74, 6) is 0. The lowest BCUT2D eigenvalue weighted by molar-refractivity contribution is -0.0938. The summed E-state index contributed by atoms with van der Waals surface area (Å²) in [6, 6.07) is 0. The van der Waals surface area contributed by atoms with Gasteiger partial charge >= 0.3 is 0 Å². The summed E-state index contributed by atoms with van der Waals surface area (Å²) in [4.78, 5) is 0. The second-order valence-corrected chi connectivity index (χ2v) is 6.27. The number of allylic oxidation sites excluding steroid dienone is 2. The van der Waals surface area contributed by atoms with Crippen LogP contribution in [0.15, 0.2) is 12.2 Å². The van der Waals surface area contributed by atoms with Gasteiger partial charge in [-0.15, -0.1) is 0 Å².